The molecule has 0 spiro atoms. The van der Waals surface area contributed by atoms with Gasteiger partial charge in [-0.15, -0.1) is 0 Å². The lowest BCUT2D eigenvalue weighted by Crippen LogP contribution is -2.44. The van der Waals surface area contributed by atoms with Gasteiger partial charge in [-0.25, -0.2) is 4.79 Å². The van der Waals surface area contributed by atoms with Crippen LogP contribution in [0.4, 0.5) is 11.5 Å². The van der Waals surface area contributed by atoms with Crippen LogP contribution in [-0.4, -0.2) is 42.3 Å². The summed E-state index contributed by atoms with van der Waals surface area (Å²) in [4.78, 5) is 41.1. The van der Waals surface area contributed by atoms with Crippen molar-refractivity contribution >= 4 is 28.2 Å². The van der Waals surface area contributed by atoms with Gasteiger partial charge in [0, 0.05) is 20.2 Å². The molecule has 0 bridgehead atoms. The molecule has 164 valence electrons. The van der Waals surface area contributed by atoms with Crippen LogP contribution in [0.1, 0.15) is 13.3 Å². The first-order chi connectivity index (χ1) is 15.0. The van der Waals surface area contributed by atoms with Crippen molar-refractivity contribution in [2.24, 2.45) is 0 Å². The fraction of sp³-hybridized carbons (Fsp3) is 0.318. The monoisotopic (exact) mass is 426 g/mol. The summed E-state index contributed by atoms with van der Waals surface area (Å²) >= 11 is 0. The lowest BCUT2D eigenvalue weighted by Gasteiger charge is -2.24. The van der Waals surface area contributed by atoms with Crippen LogP contribution >= 0.6 is 0 Å². The molecule has 0 aliphatic rings. The van der Waals surface area contributed by atoms with Crippen LogP contribution in [-0.2, 0) is 16.1 Å². The third-order valence-corrected chi connectivity index (χ3v) is 4.83. The Hall–Kier alpha value is -3.59. The van der Waals surface area contributed by atoms with Crippen LogP contribution in [0.25, 0.3) is 10.8 Å². The molecule has 1 aromatic heterocycles. The number of methoxy groups -OCH3 is 1. The normalized spacial score (nSPS) is 10.9. The first-order valence-electron chi connectivity index (χ1n) is 9.99. The van der Waals surface area contributed by atoms with E-state index < -0.39 is 17.2 Å². The van der Waals surface area contributed by atoms with Gasteiger partial charge in [-0.3, -0.25) is 24.0 Å². The van der Waals surface area contributed by atoms with Gasteiger partial charge in [0.2, 0.25) is 0 Å². The van der Waals surface area contributed by atoms with Crippen molar-refractivity contribution < 1.29 is 14.3 Å². The van der Waals surface area contributed by atoms with Crippen LogP contribution in [0.2, 0.25) is 0 Å². The molecule has 3 rings (SSSR count). The van der Waals surface area contributed by atoms with Crippen molar-refractivity contribution in [3.8, 4) is 5.75 Å². The first kappa shape index (κ1) is 22.1. The van der Waals surface area contributed by atoms with Crippen molar-refractivity contribution in [3.05, 3.63) is 63.3 Å². The molecule has 3 aromatic rings. The van der Waals surface area contributed by atoms with E-state index in [0.717, 1.165) is 10.8 Å². The van der Waals surface area contributed by atoms with E-state index in [2.05, 4.69) is 4.98 Å². The molecule has 0 unspecified atom stereocenters. The Morgan fingerprint density at radius 1 is 1.16 bits per heavy atom. The number of fused-ring (bicyclic) bond motifs is 1. The molecule has 0 fully saturated rings. The number of hydrogen-bond acceptors (Lipinski definition) is 6. The first-order valence-corrected chi connectivity index (χ1v) is 9.99. The van der Waals surface area contributed by atoms with E-state index >= 15 is 0 Å². The highest BCUT2D eigenvalue weighted by Crippen LogP contribution is 2.21. The van der Waals surface area contributed by atoms with Gasteiger partial charge in [-0.1, -0.05) is 37.3 Å². The molecule has 0 saturated heterocycles. The minimum absolute atomic E-state index is 0.0641. The zero-order chi connectivity index (χ0) is 22.4. The van der Waals surface area contributed by atoms with E-state index in [1.54, 1.807) is 6.07 Å². The van der Waals surface area contributed by atoms with Gasteiger partial charge >= 0.3 is 5.69 Å². The predicted octanol–water partition coefficient (Wildman–Crippen LogP) is 1.74. The number of aromatic nitrogens is 2. The topological polar surface area (TPSA) is 120 Å². The van der Waals surface area contributed by atoms with Crippen LogP contribution in [0.5, 0.6) is 5.75 Å². The average molecular weight is 426 g/mol. The van der Waals surface area contributed by atoms with E-state index in [0.29, 0.717) is 18.7 Å². The molecule has 1 amide bonds. The number of hydrogen-bond donors (Lipinski definition) is 2. The number of aromatic amines is 1. The number of benzene rings is 2. The van der Waals surface area contributed by atoms with Gasteiger partial charge in [-0.05, 0) is 29.3 Å². The zero-order valence-electron chi connectivity index (χ0n) is 17.6. The van der Waals surface area contributed by atoms with Crippen LogP contribution in [0.3, 0.4) is 0 Å². The average Bonchev–Trinajstić information content (AvgIpc) is 2.77. The Morgan fingerprint density at radius 3 is 2.61 bits per heavy atom. The fourth-order valence-corrected chi connectivity index (χ4v) is 3.31. The lowest BCUT2D eigenvalue weighted by atomic mass is 10.1. The molecule has 2 aromatic carbocycles. The number of ether oxygens (including phenoxy) is 2. The van der Waals surface area contributed by atoms with Crippen molar-refractivity contribution in [2.45, 2.75) is 19.9 Å². The van der Waals surface area contributed by atoms with Crippen molar-refractivity contribution in [2.75, 3.05) is 37.5 Å². The van der Waals surface area contributed by atoms with Crippen LogP contribution in [0.15, 0.2) is 52.1 Å². The van der Waals surface area contributed by atoms with Gasteiger partial charge in [0.25, 0.3) is 11.5 Å². The summed E-state index contributed by atoms with van der Waals surface area (Å²) in [7, 11) is 1.49. The largest absolute Gasteiger partial charge is 0.484 e. The Morgan fingerprint density at radius 2 is 1.90 bits per heavy atom. The summed E-state index contributed by atoms with van der Waals surface area (Å²) < 4.78 is 12.0. The second kappa shape index (κ2) is 9.94. The number of H-pyrrole nitrogens is 1. The number of carbonyl (C=O) groups excluding carboxylic acids is 1. The standard InChI is InChI=1S/C22H26N4O5/c1-3-10-26-20(23)19(21(28)24-22(26)29)25(11-12-30-2)18(27)14-31-17-9-8-15-6-4-5-7-16(15)13-17/h4-9,13H,3,10-12,14,23H2,1-2H3,(H,24,28,29). The number of carbonyl (C=O) groups is 1. The highest BCUT2D eigenvalue weighted by molar-refractivity contribution is 5.96. The van der Waals surface area contributed by atoms with Gasteiger partial charge in [0.1, 0.15) is 11.6 Å². The van der Waals surface area contributed by atoms with Gasteiger partial charge < -0.3 is 15.2 Å². The Balaban J connectivity index is 1.88. The van der Waals surface area contributed by atoms with E-state index in [9.17, 15) is 14.4 Å². The molecule has 0 radical (unpaired) electrons. The summed E-state index contributed by atoms with van der Waals surface area (Å²) in [6, 6.07) is 13.3. The van der Waals surface area contributed by atoms with Crippen molar-refractivity contribution in [1.29, 1.82) is 0 Å². The second-order valence-corrected chi connectivity index (χ2v) is 6.98. The van der Waals surface area contributed by atoms with Gasteiger partial charge in [0.15, 0.2) is 12.3 Å². The Kier molecular flexibility index (Phi) is 7.09. The summed E-state index contributed by atoms with van der Waals surface area (Å²) in [6.45, 7) is 2.13. The third-order valence-electron chi connectivity index (χ3n) is 4.83. The van der Waals surface area contributed by atoms with Crippen LogP contribution in [0, 0.1) is 0 Å². The number of amides is 1. The van der Waals surface area contributed by atoms with Crippen molar-refractivity contribution in [3.63, 3.8) is 0 Å². The quantitative estimate of drug-likeness (QED) is 0.538. The maximum Gasteiger partial charge on any atom is 0.330 e. The van der Waals surface area contributed by atoms with E-state index in [4.69, 9.17) is 15.2 Å². The molecular weight excluding hydrogens is 400 g/mol. The molecule has 9 heteroatoms. The number of nitrogens with one attached hydrogen (secondary N) is 1. The van der Waals surface area contributed by atoms with Gasteiger partial charge in [0.05, 0.1) is 6.61 Å². The lowest BCUT2D eigenvalue weighted by molar-refractivity contribution is -0.120. The maximum atomic E-state index is 13.0. The molecule has 0 aliphatic carbocycles. The number of nitrogen functional groups attached to an aromatic ring is 1. The zero-order valence-corrected chi connectivity index (χ0v) is 17.6. The number of nitrogens with zero attached hydrogens (tertiary/aromatic N) is 2. The third kappa shape index (κ3) is 4.95. The smallest absolute Gasteiger partial charge is 0.330 e. The highest BCUT2D eigenvalue weighted by atomic mass is 16.5. The summed E-state index contributed by atoms with van der Waals surface area (Å²) in [5.41, 5.74) is 4.69. The molecule has 0 atom stereocenters. The predicted molar refractivity (Wildman–Crippen MR) is 120 cm³/mol. The Labute approximate surface area is 179 Å². The molecule has 0 aliphatic heterocycles. The molecule has 1 heterocycles. The van der Waals surface area contributed by atoms with Gasteiger partial charge in [-0.2, -0.15) is 0 Å². The second-order valence-electron chi connectivity index (χ2n) is 6.98. The molecule has 9 nitrogen and oxygen atoms in total. The number of rotatable bonds is 9. The SMILES string of the molecule is CCCn1c(N)c(N(CCOC)C(=O)COc2ccc3ccccc3c2)c(=O)[nH]c1=O. The minimum atomic E-state index is -0.731. The minimum Gasteiger partial charge on any atom is -0.484 e. The maximum absolute atomic E-state index is 13.0. The molecule has 0 saturated carbocycles. The fourth-order valence-electron chi connectivity index (χ4n) is 3.31. The van der Waals surface area contributed by atoms with E-state index in [1.165, 1.54) is 16.6 Å². The molecule has 31 heavy (non-hydrogen) atoms. The summed E-state index contributed by atoms with van der Waals surface area (Å²) in [5.74, 6) is -0.0218. The summed E-state index contributed by atoms with van der Waals surface area (Å²) in [6.07, 6.45) is 0.632. The van der Waals surface area contributed by atoms with E-state index in [-0.39, 0.29) is 31.3 Å². The van der Waals surface area contributed by atoms with Crippen LogP contribution < -0.4 is 26.6 Å². The molecule has 3 N–H and O–H groups in total. The highest BCUT2D eigenvalue weighted by Gasteiger charge is 2.24. The molecular formula is C22H26N4O5. The number of nitrogens with two attached hydrogens (primary N) is 1. The number of anilines is 2. The summed E-state index contributed by atoms with van der Waals surface area (Å²) in [5, 5.41) is 2.04. The Bertz CT molecular complexity index is 1180. The van der Waals surface area contributed by atoms with Crippen molar-refractivity contribution in [1.82, 2.24) is 9.55 Å². The van der Waals surface area contributed by atoms with E-state index in [1.807, 2.05) is 43.3 Å².